The zero-order valence-corrected chi connectivity index (χ0v) is 18.1. The van der Waals surface area contributed by atoms with E-state index in [4.69, 9.17) is 5.11 Å². The lowest BCUT2D eigenvalue weighted by molar-refractivity contribution is -0.137. The molecule has 0 heterocycles. The summed E-state index contributed by atoms with van der Waals surface area (Å²) in [5.74, 6) is 5.56. The van der Waals surface area contributed by atoms with Crippen LogP contribution in [0, 0.1) is 11.8 Å². The SMILES string of the molecule is C=C/C=C/C/C(I)=C/CC#CC/C=C\C/C(I)=C/CCCC(=O)O. The van der Waals surface area contributed by atoms with E-state index in [1.54, 1.807) is 6.08 Å². The number of rotatable bonds is 11. The molecule has 2 nitrogen and oxygen atoms in total. The molecule has 0 amide bonds. The van der Waals surface area contributed by atoms with Crippen molar-refractivity contribution in [3.8, 4) is 11.8 Å². The Kier molecular flexibility index (Phi) is 16.5. The average Bonchev–Trinajstić information content (AvgIpc) is 2.54. The van der Waals surface area contributed by atoms with Crippen LogP contribution in [0.2, 0.25) is 0 Å². The van der Waals surface area contributed by atoms with Crippen LogP contribution < -0.4 is 0 Å². The summed E-state index contributed by atoms with van der Waals surface area (Å²) in [7, 11) is 0. The van der Waals surface area contributed by atoms with Crippen molar-refractivity contribution in [2.75, 3.05) is 0 Å². The van der Waals surface area contributed by atoms with Crippen LogP contribution in [0.5, 0.6) is 0 Å². The second-order valence-corrected chi connectivity index (χ2v) is 7.66. The van der Waals surface area contributed by atoms with Gasteiger partial charge in [0.15, 0.2) is 0 Å². The van der Waals surface area contributed by atoms with E-state index in [2.05, 4.69) is 94.0 Å². The molecule has 0 spiro atoms. The molecule has 0 unspecified atom stereocenters. The number of hydrogen-bond donors (Lipinski definition) is 1. The molecule has 0 fully saturated rings. The molecular weight excluding hydrogens is 526 g/mol. The van der Waals surface area contributed by atoms with Gasteiger partial charge >= 0.3 is 5.97 Å². The molecule has 0 bridgehead atoms. The molecule has 0 aliphatic carbocycles. The Hall–Kier alpha value is -0.810. The van der Waals surface area contributed by atoms with Crippen molar-refractivity contribution in [3.05, 3.63) is 56.3 Å². The van der Waals surface area contributed by atoms with Crippen molar-refractivity contribution in [1.29, 1.82) is 0 Å². The number of halogens is 2. The molecule has 0 saturated heterocycles. The van der Waals surface area contributed by atoms with Crippen LogP contribution in [-0.2, 0) is 4.79 Å². The van der Waals surface area contributed by atoms with Crippen LogP contribution in [-0.4, -0.2) is 11.1 Å². The maximum atomic E-state index is 10.4. The summed E-state index contributed by atoms with van der Waals surface area (Å²) in [5, 5.41) is 8.56. The predicted molar refractivity (Wildman–Crippen MR) is 120 cm³/mol. The number of carboxylic acids is 1. The third-order valence-corrected chi connectivity index (χ3v) is 4.56. The number of carboxylic acid groups (broad SMARTS) is 1. The molecule has 130 valence electrons. The first-order valence-corrected chi connectivity index (χ1v) is 10.0. The summed E-state index contributed by atoms with van der Waals surface area (Å²) in [5.41, 5.74) is 0. The summed E-state index contributed by atoms with van der Waals surface area (Å²) >= 11 is 4.63. The molecule has 24 heavy (non-hydrogen) atoms. The molecule has 0 aromatic heterocycles. The van der Waals surface area contributed by atoms with E-state index in [0.717, 1.165) is 32.1 Å². The van der Waals surface area contributed by atoms with Gasteiger partial charge in [0.1, 0.15) is 0 Å². The van der Waals surface area contributed by atoms with Crippen molar-refractivity contribution in [2.24, 2.45) is 0 Å². The summed E-state index contributed by atoms with van der Waals surface area (Å²) in [4.78, 5) is 10.4. The fraction of sp³-hybridized carbons (Fsp3) is 0.350. The Labute approximate surface area is 173 Å². The maximum absolute atomic E-state index is 10.4. The molecule has 0 radical (unpaired) electrons. The number of hydrogen-bond acceptors (Lipinski definition) is 1. The van der Waals surface area contributed by atoms with Gasteiger partial charge in [-0.05, 0) is 78.0 Å². The van der Waals surface area contributed by atoms with Crippen LogP contribution in [0.3, 0.4) is 0 Å². The van der Waals surface area contributed by atoms with E-state index < -0.39 is 5.97 Å². The van der Waals surface area contributed by atoms with Gasteiger partial charge in [0.25, 0.3) is 0 Å². The third-order valence-electron chi connectivity index (χ3n) is 2.80. The minimum atomic E-state index is -0.727. The molecule has 1 N–H and O–H groups in total. The highest BCUT2D eigenvalue weighted by Gasteiger charge is 1.94. The lowest BCUT2D eigenvalue weighted by Gasteiger charge is -1.94. The van der Waals surface area contributed by atoms with E-state index in [1.807, 2.05) is 6.08 Å². The van der Waals surface area contributed by atoms with Crippen LogP contribution in [0.25, 0.3) is 0 Å². The lowest BCUT2D eigenvalue weighted by Crippen LogP contribution is -1.92. The number of allylic oxidation sites excluding steroid dienone is 9. The number of unbranched alkanes of at least 4 members (excludes halogenated alkanes) is 1. The van der Waals surface area contributed by atoms with Gasteiger partial charge in [-0.1, -0.05) is 61.0 Å². The van der Waals surface area contributed by atoms with Gasteiger partial charge < -0.3 is 5.11 Å². The van der Waals surface area contributed by atoms with Crippen molar-refractivity contribution in [3.63, 3.8) is 0 Å². The molecule has 0 aromatic carbocycles. The Morgan fingerprint density at radius 3 is 2.38 bits per heavy atom. The highest BCUT2D eigenvalue weighted by molar-refractivity contribution is 14.1. The first-order chi connectivity index (χ1) is 11.6. The molecular formula is C20H24I2O2. The van der Waals surface area contributed by atoms with E-state index in [1.165, 1.54) is 7.16 Å². The Balaban J connectivity index is 3.87. The van der Waals surface area contributed by atoms with Gasteiger partial charge in [0.05, 0.1) is 0 Å². The quantitative estimate of drug-likeness (QED) is 0.102. The van der Waals surface area contributed by atoms with Crippen molar-refractivity contribution >= 4 is 51.2 Å². The minimum Gasteiger partial charge on any atom is -0.481 e. The summed E-state index contributed by atoms with van der Waals surface area (Å²) in [6.07, 6.45) is 19.4. The van der Waals surface area contributed by atoms with Crippen LogP contribution in [0.1, 0.15) is 44.9 Å². The predicted octanol–water partition coefficient (Wildman–Crippen LogP) is 6.74. The monoisotopic (exact) mass is 550 g/mol. The van der Waals surface area contributed by atoms with Crippen molar-refractivity contribution in [1.82, 2.24) is 0 Å². The van der Waals surface area contributed by atoms with Crippen molar-refractivity contribution < 1.29 is 9.90 Å². The van der Waals surface area contributed by atoms with Gasteiger partial charge in [0, 0.05) is 19.3 Å². The smallest absolute Gasteiger partial charge is 0.303 e. The molecule has 0 aromatic rings. The standard InChI is InChI=1S/C20H24I2O2/c1-2-3-8-13-18(21)14-9-6-4-5-7-10-15-19(22)16-11-12-17-20(23)24/h2-3,7-8,10,14,16H,1,5,9,11-13,15,17H2,(H,23,24)/b8-3+,10-7-,18-14-,19-16-. The van der Waals surface area contributed by atoms with Crippen LogP contribution in [0.15, 0.2) is 56.3 Å². The molecule has 0 saturated carbocycles. The minimum absolute atomic E-state index is 0.240. The maximum Gasteiger partial charge on any atom is 0.303 e. The second-order valence-electron chi connectivity index (χ2n) is 4.89. The van der Waals surface area contributed by atoms with Gasteiger partial charge in [-0.2, -0.15) is 0 Å². The summed E-state index contributed by atoms with van der Waals surface area (Å²) in [6.45, 7) is 3.64. The zero-order chi connectivity index (χ0) is 18.0. The Morgan fingerprint density at radius 2 is 1.67 bits per heavy atom. The van der Waals surface area contributed by atoms with Gasteiger partial charge in [-0.15, -0.1) is 0 Å². The normalized spacial score (nSPS) is 12.4. The van der Waals surface area contributed by atoms with Gasteiger partial charge in [-0.25, -0.2) is 0 Å². The highest BCUT2D eigenvalue weighted by atomic mass is 127. The van der Waals surface area contributed by atoms with Gasteiger partial charge in [0.2, 0.25) is 0 Å². The Morgan fingerprint density at radius 1 is 1.00 bits per heavy atom. The first kappa shape index (κ1) is 23.2. The van der Waals surface area contributed by atoms with Crippen LogP contribution in [0.4, 0.5) is 0 Å². The number of aliphatic carboxylic acids is 1. The molecule has 0 aliphatic rings. The molecule has 0 rings (SSSR count). The molecule has 0 atom stereocenters. The Bertz CT molecular complexity index is 558. The zero-order valence-electron chi connectivity index (χ0n) is 13.8. The van der Waals surface area contributed by atoms with E-state index in [-0.39, 0.29) is 6.42 Å². The van der Waals surface area contributed by atoms with E-state index >= 15 is 0 Å². The van der Waals surface area contributed by atoms with Crippen LogP contribution >= 0.6 is 45.2 Å². The highest BCUT2D eigenvalue weighted by Crippen LogP contribution is 2.14. The van der Waals surface area contributed by atoms with Crippen molar-refractivity contribution in [2.45, 2.75) is 44.9 Å². The summed E-state index contributed by atoms with van der Waals surface area (Å²) in [6, 6.07) is 0. The largest absolute Gasteiger partial charge is 0.481 e. The second kappa shape index (κ2) is 17.0. The molecule has 4 heteroatoms. The fourth-order valence-corrected chi connectivity index (χ4v) is 2.64. The summed E-state index contributed by atoms with van der Waals surface area (Å²) < 4.78 is 2.53. The van der Waals surface area contributed by atoms with E-state index in [0.29, 0.717) is 6.42 Å². The average molecular weight is 550 g/mol. The third kappa shape index (κ3) is 17.5. The lowest BCUT2D eigenvalue weighted by atomic mass is 10.2. The molecule has 0 aliphatic heterocycles. The number of carbonyl (C=O) groups is 1. The fourth-order valence-electron chi connectivity index (χ4n) is 1.60. The van der Waals surface area contributed by atoms with E-state index in [9.17, 15) is 4.79 Å². The topological polar surface area (TPSA) is 37.3 Å². The van der Waals surface area contributed by atoms with Gasteiger partial charge in [-0.3, -0.25) is 4.79 Å². The first-order valence-electron chi connectivity index (χ1n) is 7.85.